The molecule has 1 heterocycles. The van der Waals surface area contributed by atoms with Gasteiger partial charge in [-0.15, -0.1) is 0 Å². The molecule has 5 heteroatoms. The number of carbonyl (C=O) groups is 1. The van der Waals surface area contributed by atoms with Crippen molar-refractivity contribution in [2.24, 2.45) is 0 Å². The normalized spacial score (nSPS) is 16.3. The molecule has 0 atom stereocenters. The van der Waals surface area contributed by atoms with E-state index < -0.39 is 0 Å². The van der Waals surface area contributed by atoms with E-state index in [1.165, 1.54) is 7.11 Å². The lowest BCUT2D eigenvalue weighted by atomic mass is 10.1. The maximum absolute atomic E-state index is 11.4. The minimum atomic E-state index is -0.376. The fraction of sp³-hybridized carbons (Fsp3) is 0.462. The fourth-order valence-electron chi connectivity index (χ4n) is 2.00. The van der Waals surface area contributed by atoms with Crippen LogP contribution in [0.5, 0.6) is 0 Å². The smallest absolute Gasteiger partial charge is 0.337 e. The molecular formula is C13H18N2O3. The molecule has 0 unspecified atom stereocenters. The van der Waals surface area contributed by atoms with Gasteiger partial charge in [0.1, 0.15) is 0 Å². The molecule has 3 N–H and O–H groups in total. The lowest BCUT2D eigenvalue weighted by molar-refractivity contribution is 0.0601. The summed E-state index contributed by atoms with van der Waals surface area (Å²) in [4.78, 5) is 11.4. The van der Waals surface area contributed by atoms with E-state index in [-0.39, 0.29) is 5.97 Å². The van der Waals surface area contributed by atoms with Crippen LogP contribution in [0.4, 0.5) is 11.4 Å². The third-order valence-electron chi connectivity index (χ3n) is 3.05. The van der Waals surface area contributed by atoms with E-state index in [0.29, 0.717) is 17.3 Å². The van der Waals surface area contributed by atoms with Crippen molar-refractivity contribution in [2.45, 2.75) is 18.9 Å². The summed E-state index contributed by atoms with van der Waals surface area (Å²) >= 11 is 0. The van der Waals surface area contributed by atoms with Gasteiger partial charge in [-0.2, -0.15) is 0 Å². The number of hydrogen-bond donors (Lipinski definition) is 2. The van der Waals surface area contributed by atoms with Crippen LogP contribution in [0.1, 0.15) is 23.2 Å². The van der Waals surface area contributed by atoms with Gasteiger partial charge in [0, 0.05) is 19.3 Å². The highest BCUT2D eigenvalue weighted by atomic mass is 16.5. The first-order chi connectivity index (χ1) is 8.70. The summed E-state index contributed by atoms with van der Waals surface area (Å²) in [6, 6.07) is 5.54. The summed E-state index contributed by atoms with van der Waals surface area (Å²) in [6.45, 7) is 1.55. The summed E-state index contributed by atoms with van der Waals surface area (Å²) in [5.41, 5.74) is 7.81. The number of nitrogens with one attached hydrogen (secondary N) is 1. The Hall–Kier alpha value is -1.75. The fourth-order valence-corrected chi connectivity index (χ4v) is 2.00. The van der Waals surface area contributed by atoms with Crippen LogP contribution in [0.25, 0.3) is 0 Å². The number of nitrogen functional groups attached to an aromatic ring is 1. The quantitative estimate of drug-likeness (QED) is 0.630. The molecule has 1 aromatic carbocycles. The summed E-state index contributed by atoms with van der Waals surface area (Å²) in [5.74, 6) is -0.376. The number of esters is 1. The predicted molar refractivity (Wildman–Crippen MR) is 69.7 cm³/mol. The molecule has 2 rings (SSSR count). The van der Waals surface area contributed by atoms with E-state index >= 15 is 0 Å². The molecule has 1 fully saturated rings. The Morgan fingerprint density at radius 3 is 2.78 bits per heavy atom. The number of methoxy groups -OCH3 is 1. The standard InChI is InChI=1S/C13H18N2O3/c1-17-13(16)9-2-3-12(11(14)8-9)15-10-4-6-18-7-5-10/h2-3,8,10,15H,4-7,14H2,1H3. The van der Waals surface area contributed by atoms with Crippen LogP contribution in [-0.4, -0.2) is 32.3 Å². The zero-order valence-electron chi connectivity index (χ0n) is 10.4. The Bertz CT molecular complexity index is 428. The molecule has 0 bridgehead atoms. The Kier molecular flexibility index (Phi) is 4.04. The minimum absolute atomic E-state index is 0.376. The van der Waals surface area contributed by atoms with Gasteiger partial charge in [-0.05, 0) is 31.0 Å². The summed E-state index contributed by atoms with van der Waals surface area (Å²) in [5, 5.41) is 3.38. The van der Waals surface area contributed by atoms with E-state index in [2.05, 4.69) is 10.1 Å². The minimum Gasteiger partial charge on any atom is -0.465 e. The molecule has 1 saturated heterocycles. The predicted octanol–water partition coefficient (Wildman–Crippen LogP) is 1.65. The highest BCUT2D eigenvalue weighted by Gasteiger charge is 2.15. The largest absolute Gasteiger partial charge is 0.465 e. The topological polar surface area (TPSA) is 73.6 Å². The molecular weight excluding hydrogens is 232 g/mol. The number of hydrogen-bond acceptors (Lipinski definition) is 5. The van der Waals surface area contributed by atoms with Gasteiger partial charge >= 0.3 is 5.97 Å². The van der Waals surface area contributed by atoms with Crippen LogP contribution in [0.3, 0.4) is 0 Å². The van der Waals surface area contributed by atoms with E-state index in [1.807, 2.05) is 6.07 Å². The lowest BCUT2D eigenvalue weighted by Gasteiger charge is -2.24. The van der Waals surface area contributed by atoms with Crippen molar-refractivity contribution in [2.75, 3.05) is 31.4 Å². The second kappa shape index (κ2) is 5.73. The summed E-state index contributed by atoms with van der Waals surface area (Å²) in [6.07, 6.45) is 1.94. The molecule has 1 aliphatic heterocycles. The SMILES string of the molecule is COC(=O)c1ccc(NC2CCOCC2)c(N)c1. The molecule has 5 nitrogen and oxygen atoms in total. The van der Waals surface area contributed by atoms with Gasteiger partial charge in [0.15, 0.2) is 0 Å². The summed E-state index contributed by atoms with van der Waals surface area (Å²) in [7, 11) is 1.35. The molecule has 0 spiro atoms. The molecule has 0 aliphatic carbocycles. The van der Waals surface area contributed by atoms with Gasteiger partial charge in [0.05, 0.1) is 24.0 Å². The van der Waals surface area contributed by atoms with Crippen molar-refractivity contribution in [3.8, 4) is 0 Å². The number of nitrogens with two attached hydrogens (primary N) is 1. The molecule has 18 heavy (non-hydrogen) atoms. The molecule has 98 valence electrons. The Balaban J connectivity index is 2.07. The van der Waals surface area contributed by atoms with Crippen LogP contribution >= 0.6 is 0 Å². The first-order valence-corrected chi connectivity index (χ1v) is 6.03. The second-order valence-corrected chi connectivity index (χ2v) is 4.32. The van der Waals surface area contributed by atoms with Gasteiger partial charge in [0.2, 0.25) is 0 Å². The zero-order valence-corrected chi connectivity index (χ0v) is 10.4. The number of ether oxygens (including phenoxy) is 2. The van der Waals surface area contributed by atoms with Gasteiger partial charge in [-0.3, -0.25) is 0 Å². The summed E-state index contributed by atoms with van der Waals surface area (Å²) < 4.78 is 9.95. The van der Waals surface area contributed by atoms with Crippen molar-refractivity contribution in [1.82, 2.24) is 0 Å². The third-order valence-corrected chi connectivity index (χ3v) is 3.05. The molecule has 0 aromatic heterocycles. The highest BCUT2D eigenvalue weighted by molar-refractivity contribution is 5.91. The van der Waals surface area contributed by atoms with E-state index in [1.54, 1.807) is 12.1 Å². The lowest BCUT2D eigenvalue weighted by Crippen LogP contribution is -2.28. The van der Waals surface area contributed by atoms with Crippen molar-refractivity contribution in [3.63, 3.8) is 0 Å². The van der Waals surface area contributed by atoms with Gasteiger partial charge in [-0.25, -0.2) is 4.79 Å². The van der Waals surface area contributed by atoms with E-state index in [9.17, 15) is 4.79 Å². The number of rotatable bonds is 3. The van der Waals surface area contributed by atoms with Crippen LogP contribution in [0.2, 0.25) is 0 Å². The van der Waals surface area contributed by atoms with Gasteiger partial charge in [0.25, 0.3) is 0 Å². The monoisotopic (exact) mass is 250 g/mol. The van der Waals surface area contributed by atoms with Crippen molar-refractivity contribution >= 4 is 17.3 Å². The zero-order chi connectivity index (χ0) is 13.0. The average Bonchev–Trinajstić information content (AvgIpc) is 2.41. The molecule has 0 saturated carbocycles. The highest BCUT2D eigenvalue weighted by Crippen LogP contribution is 2.23. The molecule has 1 aromatic rings. The molecule has 0 amide bonds. The van der Waals surface area contributed by atoms with Crippen molar-refractivity contribution < 1.29 is 14.3 Å². The first kappa shape index (κ1) is 12.7. The average molecular weight is 250 g/mol. The molecule has 1 aliphatic rings. The number of benzene rings is 1. The third kappa shape index (κ3) is 2.92. The second-order valence-electron chi connectivity index (χ2n) is 4.32. The Morgan fingerprint density at radius 1 is 1.44 bits per heavy atom. The van der Waals surface area contributed by atoms with Crippen LogP contribution in [-0.2, 0) is 9.47 Å². The Morgan fingerprint density at radius 2 is 2.17 bits per heavy atom. The van der Waals surface area contributed by atoms with Crippen LogP contribution in [0.15, 0.2) is 18.2 Å². The van der Waals surface area contributed by atoms with Crippen LogP contribution in [0, 0.1) is 0 Å². The van der Waals surface area contributed by atoms with Gasteiger partial charge < -0.3 is 20.5 Å². The van der Waals surface area contributed by atoms with Crippen molar-refractivity contribution in [1.29, 1.82) is 0 Å². The maximum Gasteiger partial charge on any atom is 0.337 e. The van der Waals surface area contributed by atoms with Gasteiger partial charge in [-0.1, -0.05) is 0 Å². The molecule has 0 radical (unpaired) electrons. The van der Waals surface area contributed by atoms with E-state index in [4.69, 9.17) is 10.5 Å². The number of anilines is 2. The maximum atomic E-state index is 11.4. The first-order valence-electron chi connectivity index (χ1n) is 6.03. The Labute approximate surface area is 106 Å². The van der Waals surface area contributed by atoms with Crippen molar-refractivity contribution in [3.05, 3.63) is 23.8 Å². The number of carbonyl (C=O) groups excluding carboxylic acids is 1. The van der Waals surface area contributed by atoms with Crippen LogP contribution < -0.4 is 11.1 Å². The van der Waals surface area contributed by atoms with E-state index in [0.717, 1.165) is 31.7 Å².